The zero-order valence-electron chi connectivity index (χ0n) is 11.2. The molecule has 0 saturated carbocycles. The van der Waals surface area contributed by atoms with Crippen molar-refractivity contribution in [1.29, 1.82) is 0 Å². The largest absolute Gasteiger partial charge is 0.387 e. The van der Waals surface area contributed by atoms with Crippen molar-refractivity contribution >= 4 is 21.5 Å². The van der Waals surface area contributed by atoms with Crippen LogP contribution in [-0.4, -0.2) is 22.4 Å². The maximum atomic E-state index is 10.5. The van der Waals surface area contributed by atoms with Crippen LogP contribution < -0.4 is 0 Å². The quantitative estimate of drug-likeness (QED) is 0.491. The third kappa shape index (κ3) is 1.48. The summed E-state index contributed by atoms with van der Waals surface area (Å²) < 4.78 is 5.51. The molecule has 1 aliphatic heterocycles. The van der Waals surface area contributed by atoms with Crippen LogP contribution in [0.1, 0.15) is 23.3 Å². The Morgan fingerprint density at radius 1 is 0.857 bits per heavy atom. The molecule has 0 aromatic heterocycles. The molecule has 2 aliphatic rings. The second-order valence-corrected chi connectivity index (χ2v) is 5.95. The van der Waals surface area contributed by atoms with Crippen molar-refractivity contribution in [2.24, 2.45) is 0 Å². The van der Waals surface area contributed by atoms with Gasteiger partial charge in [-0.05, 0) is 44.8 Å². The molecule has 5 rings (SSSR count). The molecule has 1 heterocycles. The molecule has 104 valence electrons. The Hall–Kier alpha value is -1.94. The van der Waals surface area contributed by atoms with E-state index in [0.717, 1.165) is 27.3 Å². The lowest BCUT2D eigenvalue weighted by molar-refractivity contribution is 0.000831. The van der Waals surface area contributed by atoms with Gasteiger partial charge in [0.15, 0.2) is 0 Å². The van der Waals surface area contributed by atoms with Crippen LogP contribution in [0.2, 0.25) is 0 Å². The van der Waals surface area contributed by atoms with Gasteiger partial charge < -0.3 is 14.9 Å². The monoisotopic (exact) mass is 278 g/mol. The summed E-state index contributed by atoms with van der Waals surface area (Å²) >= 11 is 0. The normalized spacial score (nSPS) is 30.2. The molecule has 3 aromatic rings. The van der Waals surface area contributed by atoms with E-state index >= 15 is 0 Å². The van der Waals surface area contributed by atoms with E-state index in [2.05, 4.69) is 30.3 Å². The van der Waals surface area contributed by atoms with Crippen molar-refractivity contribution in [3.63, 3.8) is 0 Å². The fourth-order valence-electron chi connectivity index (χ4n) is 3.62. The molecule has 2 N–H and O–H groups in total. The van der Waals surface area contributed by atoms with Crippen molar-refractivity contribution in [2.45, 2.75) is 24.4 Å². The van der Waals surface area contributed by atoms with Crippen molar-refractivity contribution in [2.75, 3.05) is 0 Å². The molecule has 1 fully saturated rings. The van der Waals surface area contributed by atoms with Gasteiger partial charge in [-0.25, -0.2) is 0 Å². The fourth-order valence-corrected chi connectivity index (χ4v) is 3.62. The first kappa shape index (κ1) is 11.7. The van der Waals surface area contributed by atoms with Gasteiger partial charge in [0.05, 0.1) is 0 Å². The van der Waals surface area contributed by atoms with E-state index in [1.165, 1.54) is 5.39 Å². The van der Waals surface area contributed by atoms with Crippen LogP contribution in [0.15, 0.2) is 48.5 Å². The van der Waals surface area contributed by atoms with Gasteiger partial charge in [0, 0.05) is 0 Å². The van der Waals surface area contributed by atoms with Gasteiger partial charge in [-0.1, -0.05) is 36.4 Å². The smallest absolute Gasteiger partial charge is 0.118 e. The summed E-state index contributed by atoms with van der Waals surface area (Å²) in [4.78, 5) is 0. The van der Waals surface area contributed by atoms with Gasteiger partial charge >= 0.3 is 0 Å². The zero-order valence-corrected chi connectivity index (χ0v) is 11.2. The molecule has 21 heavy (non-hydrogen) atoms. The average Bonchev–Trinajstić information content (AvgIpc) is 3.30. The second kappa shape index (κ2) is 3.83. The number of ether oxygens (including phenoxy) is 1. The predicted octanol–water partition coefficient (Wildman–Crippen LogP) is 2.84. The number of hydrogen-bond acceptors (Lipinski definition) is 3. The number of epoxide rings is 1. The van der Waals surface area contributed by atoms with Gasteiger partial charge in [0.25, 0.3) is 0 Å². The number of aliphatic hydroxyl groups excluding tert-OH is 2. The SMILES string of the molecule is O[C@H]1[C@H]2O[C@H]2c2ccc3cc4ccccc4cc3c2[C@@H]1O. The highest BCUT2D eigenvalue weighted by atomic mass is 16.6. The summed E-state index contributed by atoms with van der Waals surface area (Å²) in [7, 11) is 0. The van der Waals surface area contributed by atoms with E-state index in [4.69, 9.17) is 4.74 Å². The first-order valence-corrected chi connectivity index (χ1v) is 7.21. The highest BCUT2D eigenvalue weighted by Crippen LogP contribution is 2.52. The highest BCUT2D eigenvalue weighted by molar-refractivity contribution is 6.00. The molecule has 3 aromatic carbocycles. The van der Waals surface area contributed by atoms with Gasteiger partial charge in [0.1, 0.15) is 24.4 Å². The summed E-state index contributed by atoms with van der Waals surface area (Å²) in [6.45, 7) is 0. The molecule has 0 unspecified atom stereocenters. The summed E-state index contributed by atoms with van der Waals surface area (Å²) in [6, 6.07) is 16.5. The molecule has 3 nitrogen and oxygen atoms in total. The number of fused-ring (bicyclic) bond motifs is 6. The maximum Gasteiger partial charge on any atom is 0.118 e. The molecule has 1 saturated heterocycles. The first-order valence-electron chi connectivity index (χ1n) is 7.21. The third-order valence-corrected chi connectivity index (χ3v) is 4.75. The Morgan fingerprint density at radius 3 is 2.43 bits per heavy atom. The molecule has 0 spiro atoms. The minimum atomic E-state index is -0.881. The van der Waals surface area contributed by atoms with Gasteiger partial charge in [-0.2, -0.15) is 0 Å². The molecular formula is C18H14O3. The number of hydrogen-bond donors (Lipinski definition) is 2. The Labute approximate surface area is 121 Å². The van der Waals surface area contributed by atoms with E-state index in [0.29, 0.717) is 0 Å². The van der Waals surface area contributed by atoms with Crippen molar-refractivity contribution in [1.82, 2.24) is 0 Å². The van der Waals surface area contributed by atoms with E-state index in [9.17, 15) is 10.2 Å². The highest BCUT2D eigenvalue weighted by Gasteiger charge is 2.54. The Kier molecular flexibility index (Phi) is 2.13. The fraction of sp³-hybridized carbons (Fsp3) is 0.222. The lowest BCUT2D eigenvalue weighted by atomic mass is 9.83. The van der Waals surface area contributed by atoms with E-state index in [-0.39, 0.29) is 12.2 Å². The number of rotatable bonds is 0. The van der Waals surface area contributed by atoms with Crippen LogP contribution in [0.5, 0.6) is 0 Å². The van der Waals surface area contributed by atoms with E-state index in [1.54, 1.807) is 0 Å². The van der Waals surface area contributed by atoms with Crippen LogP contribution in [-0.2, 0) is 4.74 Å². The van der Waals surface area contributed by atoms with E-state index in [1.807, 2.05) is 18.2 Å². The lowest BCUT2D eigenvalue weighted by Crippen LogP contribution is -2.29. The number of aliphatic hydroxyl groups is 2. The van der Waals surface area contributed by atoms with Crippen LogP contribution in [0, 0.1) is 0 Å². The minimum absolute atomic E-state index is 0.0609. The molecular weight excluding hydrogens is 264 g/mol. The van der Waals surface area contributed by atoms with Gasteiger partial charge in [0.2, 0.25) is 0 Å². The van der Waals surface area contributed by atoms with Crippen LogP contribution in [0.3, 0.4) is 0 Å². The lowest BCUT2D eigenvalue weighted by Gasteiger charge is -2.25. The Morgan fingerprint density at radius 2 is 1.62 bits per heavy atom. The van der Waals surface area contributed by atoms with Crippen molar-refractivity contribution in [3.8, 4) is 0 Å². The van der Waals surface area contributed by atoms with Gasteiger partial charge in [-0.3, -0.25) is 0 Å². The summed E-state index contributed by atoms with van der Waals surface area (Å²) in [5.41, 5.74) is 1.84. The predicted molar refractivity (Wildman–Crippen MR) is 80.0 cm³/mol. The van der Waals surface area contributed by atoms with E-state index < -0.39 is 12.2 Å². The molecule has 4 atom stereocenters. The molecule has 0 bridgehead atoms. The topological polar surface area (TPSA) is 53.0 Å². The number of benzene rings is 3. The van der Waals surface area contributed by atoms with Crippen molar-refractivity contribution < 1.29 is 14.9 Å². The summed E-state index contributed by atoms with van der Waals surface area (Å²) in [6.07, 6.45) is -2.02. The van der Waals surface area contributed by atoms with Crippen molar-refractivity contribution in [3.05, 3.63) is 59.7 Å². The van der Waals surface area contributed by atoms with Crippen LogP contribution in [0.25, 0.3) is 21.5 Å². The molecule has 0 amide bonds. The standard InChI is InChI=1S/C18H14O3/c19-15-14-12(17-18(21-17)16(15)20)6-5-11-7-9-3-1-2-4-10(9)8-13(11)14/h1-8,15-20H/t15-,16+,17-,18+/m0/s1. The Balaban J connectivity index is 1.88. The maximum absolute atomic E-state index is 10.5. The molecule has 0 radical (unpaired) electrons. The summed E-state index contributed by atoms with van der Waals surface area (Å²) in [5.74, 6) is 0. The first-order chi connectivity index (χ1) is 10.2. The van der Waals surface area contributed by atoms with Crippen LogP contribution >= 0.6 is 0 Å². The van der Waals surface area contributed by atoms with Gasteiger partial charge in [-0.15, -0.1) is 0 Å². The molecule has 3 heteroatoms. The Bertz CT molecular complexity index is 886. The zero-order chi connectivity index (χ0) is 14.1. The van der Waals surface area contributed by atoms with Crippen LogP contribution in [0.4, 0.5) is 0 Å². The molecule has 1 aliphatic carbocycles. The summed E-state index contributed by atoms with van der Waals surface area (Å²) in [5, 5.41) is 25.0. The second-order valence-electron chi connectivity index (χ2n) is 5.95. The minimum Gasteiger partial charge on any atom is -0.387 e. The average molecular weight is 278 g/mol. The third-order valence-electron chi connectivity index (χ3n) is 4.75.